The molecule has 0 N–H and O–H groups in total. The molecule has 0 aromatic heterocycles. The molecule has 0 aliphatic heterocycles. The van der Waals surface area contributed by atoms with E-state index in [9.17, 15) is 4.79 Å². The average molecular weight is 431 g/mol. The van der Waals surface area contributed by atoms with Gasteiger partial charge in [-0.2, -0.15) is 0 Å². The number of carbonyl (C=O) groups excluding carboxylic acids is 1. The largest absolute Gasteiger partial charge is 0.463 e. The zero-order valence-corrected chi connectivity index (χ0v) is 20.2. The van der Waals surface area contributed by atoms with Crippen molar-refractivity contribution < 1.29 is 9.53 Å². The summed E-state index contributed by atoms with van der Waals surface area (Å²) < 4.78 is 5.38. The van der Waals surface area contributed by atoms with Gasteiger partial charge in [0.15, 0.2) is 0 Å². The lowest BCUT2D eigenvalue weighted by Crippen LogP contribution is -2.17. The Kier molecular flexibility index (Phi) is 8.12. The summed E-state index contributed by atoms with van der Waals surface area (Å²) in [5.41, 5.74) is 5.30. The van der Waals surface area contributed by atoms with Crippen LogP contribution in [0.3, 0.4) is 0 Å². The second-order valence-corrected chi connectivity index (χ2v) is 9.94. The lowest BCUT2D eigenvalue weighted by molar-refractivity contribution is -0.138. The predicted molar refractivity (Wildman–Crippen MR) is 135 cm³/mol. The third-order valence-corrected chi connectivity index (χ3v) is 6.48. The molecule has 1 atom stereocenters. The maximum absolute atomic E-state index is 12.8. The topological polar surface area (TPSA) is 26.3 Å². The van der Waals surface area contributed by atoms with Gasteiger partial charge in [0.2, 0.25) is 0 Å². The van der Waals surface area contributed by atoms with Crippen LogP contribution in [0.25, 0.3) is 5.57 Å². The van der Waals surface area contributed by atoms with Crippen molar-refractivity contribution in [1.29, 1.82) is 0 Å². The van der Waals surface area contributed by atoms with Crippen molar-refractivity contribution in [2.75, 3.05) is 6.61 Å². The Bertz CT molecular complexity index is 923. The first-order valence-electron chi connectivity index (χ1n) is 12.0. The quantitative estimate of drug-likeness (QED) is 0.330. The molecule has 2 nitrogen and oxygen atoms in total. The van der Waals surface area contributed by atoms with Crippen LogP contribution in [0.5, 0.6) is 0 Å². The van der Waals surface area contributed by atoms with Gasteiger partial charge in [-0.25, -0.2) is 4.79 Å². The average Bonchev–Trinajstić information content (AvgIpc) is 2.79. The summed E-state index contributed by atoms with van der Waals surface area (Å²) >= 11 is 0. The molecule has 0 saturated heterocycles. The zero-order chi connectivity index (χ0) is 23.1. The number of rotatable bonds is 7. The van der Waals surface area contributed by atoms with Gasteiger partial charge >= 0.3 is 5.97 Å². The fourth-order valence-corrected chi connectivity index (χ4v) is 4.63. The second kappa shape index (κ2) is 10.8. The molecule has 2 heteroatoms. The maximum Gasteiger partial charge on any atom is 0.334 e. The molecule has 0 bridgehead atoms. The Labute approximate surface area is 194 Å². The van der Waals surface area contributed by atoms with E-state index in [0.717, 1.165) is 11.1 Å². The number of hydrogen-bond acceptors (Lipinski definition) is 2. The Hall–Kier alpha value is -2.61. The number of allylic oxidation sites excluding steroid dienone is 2. The predicted octanol–water partition coefficient (Wildman–Crippen LogP) is 7.85. The van der Waals surface area contributed by atoms with E-state index in [0.29, 0.717) is 18.1 Å². The first kappa shape index (κ1) is 24.0. The van der Waals surface area contributed by atoms with Crippen LogP contribution in [0, 0.1) is 5.92 Å². The summed E-state index contributed by atoms with van der Waals surface area (Å²) in [6.07, 6.45) is 8.69. The third kappa shape index (κ3) is 6.00. The van der Waals surface area contributed by atoms with Gasteiger partial charge < -0.3 is 4.74 Å². The van der Waals surface area contributed by atoms with Gasteiger partial charge in [0, 0.05) is 11.5 Å². The smallest absolute Gasteiger partial charge is 0.334 e. The fourth-order valence-electron chi connectivity index (χ4n) is 4.63. The van der Waals surface area contributed by atoms with Gasteiger partial charge in [0.1, 0.15) is 0 Å². The minimum absolute atomic E-state index is 0.0964. The van der Waals surface area contributed by atoms with Crippen LogP contribution in [-0.2, 0) is 14.9 Å². The Balaban J connectivity index is 2.12. The fraction of sp³-hybridized carbons (Fsp3) is 0.433. The zero-order valence-electron chi connectivity index (χ0n) is 20.2. The number of esters is 1. The van der Waals surface area contributed by atoms with Gasteiger partial charge in [-0.15, -0.1) is 0 Å². The first-order chi connectivity index (χ1) is 15.3. The SMILES string of the molecule is C=C(C(=O)OCC)C(/C(=C/C1CCCCC1)c1ccc(C(C)(C)C)cc1)c1ccccc1. The lowest BCUT2D eigenvalue weighted by Gasteiger charge is -2.27. The van der Waals surface area contributed by atoms with E-state index in [1.807, 2.05) is 25.1 Å². The Morgan fingerprint density at radius 3 is 2.22 bits per heavy atom. The highest BCUT2D eigenvalue weighted by atomic mass is 16.5. The molecule has 2 aromatic rings. The van der Waals surface area contributed by atoms with Crippen LogP contribution in [-0.4, -0.2) is 12.6 Å². The maximum atomic E-state index is 12.8. The standard InChI is InChI=1S/C30H38O2/c1-6-32-29(31)22(2)28(25-15-11-8-12-16-25)27(21-23-13-9-7-10-14-23)24-17-19-26(20-18-24)30(3,4)5/h8,11-12,15-21,23,28H,2,6-7,9-10,13-14H2,1,3-5H3/b27-21+. The third-order valence-electron chi connectivity index (χ3n) is 6.48. The molecule has 0 spiro atoms. The van der Waals surface area contributed by atoms with E-state index < -0.39 is 0 Å². The van der Waals surface area contributed by atoms with E-state index in [1.165, 1.54) is 43.2 Å². The van der Waals surface area contributed by atoms with Crippen molar-refractivity contribution in [2.24, 2.45) is 5.92 Å². The Morgan fingerprint density at radius 1 is 1.03 bits per heavy atom. The Morgan fingerprint density at radius 2 is 1.66 bits per heavy atom. The highest BCUT2D eigenvalue weighted by Crippen LogP contribution is 2.41. The van der Waals surface area contributed by atoms with E-state index >= 15 is 0 Å². The molecule has 1 fully saturated rings. The van der Waals surface area contributed by atoms with E-state index in [2.05, 4.69) is 69.8 Å². The molecular weight excluding hydrogens is 392 g/mol. The number of carbonyl (C=O) groups is 1. The van der Waals surface area contributed by atoms with Crippen LogP contribution < -0.4 is 0 Å². The van der Waals surface area contributed by atoms with Gasteiger partial charge in [0.05, 0.1) is 6.61 Å². The molecule has 3 rings (SSSR count). The minimum atomic E-state index is -0.317. The monoisotopic (exact) mass is 430 g/mol. The van der Waals surface area contributed by atoms with Crippen molar-refractivity contribution >= 4 is 11.5 Å². The van der Waals surface area contributed by atoms with Gasteiger partial charge in [-0.05, 0) is 53.4 Å². The van der Waals surface area contributed by atoms with Crippen molar-refractivity contribution in [3.05, 3.63) is 89.5 Å². The summed E-state index contributed by atoms with van der Waals surface area (Å²) in [6, 6.07) is 19.1. The van der Waals surface area contributed by atoms with E-state index in [-0.39, 0.29) is 17.3 Å². The minimum Gasteiger partial charge on any atom is -0.463 e. The highest BCUT2D eigenvalue weighted by Gasteiger charge is 2.28. The van der Waals surface area contributed by atoms with Gasteiger partial charge in [-0.3, -0.25) is 0 Å². The van der Waals surface area contributed by atoms with Crippen molar-refractivity contribution in [3.63, 3.8) is 0 Å². The summed E-state index contributed by atoms with van der Waals surface area (Å²) in [4.78, 5) is 12.8. The number of ether oxygens (including phenoxy) is 1. The normalized spacial score (nSPS) is 16.4. The van der Waals surface area contributed by atoms with Crippen molar-refractivity contribution in [1.82, 2.24) is 0 Å². The van der Waals surface area contributed by atoms with Crippen LogP contribution in [0.15, 0.2) is 72.8 Å². The van der Waals surface area contributed by atoms with Crippen LogP contribution in [0.4, 0.5) is 0 Å². The molecule has 1 saturated carbocycles. The summed E-state index contributed by atoms with van der Waals surface area (Å²) in [7, 11) is 0. The molecule has 2 aromatic carbocycles. The molecule has 1 aliphatic rings. The van der Waals surface area contributed by atoms with Gasteiger partial charge in [-0.1, -0.05) is 107 Å². The molecule has 1 unspecified atom stereocenters. The van der Waals surface area contributed by atoms with Crippen LogP contribution >= 0.6 is 0 Å². The summed E-state index contributed by atoms with van der Waals surface area (Å²) in [6.45, 7) is 13.1. The highest BCUT2D eigenvalue weighted by molar-refractivity contribution is 5.94. The molecule has 1 aliphatic carbocycles. The lowest BCUT2D eigenvalue weighted by atomic mass is 9.77. The molecule has 32 heavy (non-hydrogen) atoms. The number of hydrogen-bond donors (Lipinski definition) is 0. The van der Waals surface area contributed by atoms with E-state index in [4.69, 9.17) is 4.74 Å². The number of benzene rings is 2. The first-order valence-corrected chi connectivity index (χ1v) is 12.0. The summed E-state index contributed by atoms with van der Waals surface area (Å²) in [5, 5.41) is 0. The van der Waals surface area contributed by atoms with Gasteiger partial charge in [0.25, 0.3) is 0 Å². The van der Waals surface area contributed by atoms with Crippen molar-refractivity contribution in [2.45, 2.75) is 71.1 Å². The molecule has 0 radical (unpaired) electrons. The van der Waals surface area contributed by atoms with Crippen LogP contribution in [0.2, 0.25) is 0 Å². The molecular formula is C30H38O2. The molecule has 0 heterocycles. The van der Waals surface area contributed by atoms with E-state index in [1.54, 1.807) is 0 Å². The molecule has 170 valence electrons. The second-order valence-electron chi connectivity index (χ2n) is 9.94. The summed E-state index contributed by atoms with van der Waals surface area (Å²) in [5.74, 6) is -0.0119. The molecule has 0 amide bonds. The van der Waals surface area contributed by atoms with Crippen molar-refractivity contribution in [3.8, 4) is 0 Å². The van der Waals surface area contributed by atoms with Crippen LogP contribution in [0.1, 0.15) is 82.4 Å².